The molecule has 0 fully saturated rings. The molecule has 0 radical (unpaired) electrons. The Bertz CT molecular complexity index is 1340. The second kappa shape index (κ2) is 72.6. The van der Waals surface area contributed by atoms with Gasteiger partial charge in [-0.2, -0.15) is 0 Å². The van der Waals surface area contributed by atoms with Gasteiger partial charge < -0.3 is 20.3 Å². The standard InChI is InChI=1S/C77H147NO5/c1-3-5-7-9-11-13-15-17-18-19-20-21-33-36-39-42-46-49-53-57-61-65-69-75(80)74(73-79)78-76(81)70-66-62-58-54-50-47-43-40-37-34-31-29-27-25-23-22-24-26-28-30-32-35-38-41-44-48-52-56-60-64-68-72-83-77(82)71-67-63-59-55-51-45-16-14-12-10-8-6-4-2/h24,26,30,32,65,69,74-75,79-80H,3-23,25,27-29,31,33-64,66-68,70-73H2,1-2H3,(H,78,81)/b26-24-,32-30-,69-65+. The molecular weight excluding hydrogens is 1020 g/mol. The number of amides is 1. The van der Waals surface area contributed by atoms with Gasteiger partial charge in [0.25, 0.3) is 0 Å². The zero-order valence-corrected chi connectivity index (χ0v) is 56.2. The van der Waals surface area contributed by atoms with Crippen molar-refractivity contribution in [3.05, 3.63) is 36.5 Å². The van der Waals surface area contributed by atoms with Crippen LogP contribution in [0.3, 0.4) is 0 Å². The quantitative estimate of drug-likeness (QED) is 0.0320. The van der Waals surface area contributed by atoms with Crippen molar-refractivity contribution in [2.45, 2.75) is 431 Å². The Hall–Kier alpha value is -1.92. The van der Waals surface area contributed by atoms with Gasteiger partial charge in [0, 0.05) is 12.8 Å². The van der Waals surface area contributed by atoms with Crippen molar-refractivity contribution in [1.29, 1.82) is 0 Å². The molecule has 0 aliphatic carbocycles. The molecule has 0 saturated carbocycles. The first kappa shape index (κ1) is 81.1. The summed E-state index contributed by atoms with van der Waals surface area (Å²) in [5, 5.41) is 23.3. The first-order valence-electron chi connectivity index (χ1n) is 37.8. The highest BCUT2D eigenvalue weighted by molar-refractivity contribution is 5.76. The Morgan fingerprint density at radius 2 is 0.602 bits per heavy atom. The van der Waals surface area contributed by atoms with E-state index >= 15 is 0 Å². The molecule has 6 heteroatoms. The van der Waals surface area contributed by atoms with Crippen LogP contribution < -0.4 is 5.32 Å². The summed E-state index contributed by atoms with van der Waals surface area (Å²) in [4.78, 5) is 24.6. The van der Waals surface area contributed by atoms with Crippen LogP contribution in [0.15, 0.2) is 36.5 Å². The van der Waals surface area contributed by atoms with E-state index in [1.807, 2.05) is 6.08 Å². The maximum absolute atomic E-state index is 12.5. The third-order valence-corrected chi connectivity index (χ3v) is 17.7. The molecule has 6 nitrogen and oxygen atoms in total. The molecule has 0 bridgehead atoms. The number of hydrogen-bond donors (Lipinski definition) is 3. The SMILES string of the molecule is CCCCCCCCCCCCCCCCCCCCCC/C=C/C(O)C(CO)NC(=O)CCCCCCCCCCCCCCCCC/C=C\C/C=C\CCCCCCCCCCCOC(=O)CCCCCCCCCCCCCCC. The minimum absolute atomic E-state index is 0.0150. The number of esters is 1. The van der Waals surface area contributed by atoms with Crippen molar-refractivity contribution in [2.24, 2.45) is 0 Å². The van der Waals surface area contributed by atoms with Gasteiger partial charge in [-0.3, -0.25) is 9.59 Å². The van der Waals surface area contributed by atoms with Crippen LogP contribution in [0.25, 0.3) is 0 Å². The second-order valence-corrected chi connectivity index (χ2v) is 26.0. The Morgan fingerprint density at radius 3 is 0.916 bits per heavy atom. The minimum atomic E-state index is -0.846. The topological polar surface area (TPSA) is 95.9 Å². The highest BCUT2D eigenvalue weighted by atomic mass is 16.5. The molecule has 0 saturated heterocycles. The van der Waals surface area contributed by atoms with Crippen molar-refractivity contribution in [2.75, 3.05) is 13.2 Å². The van der Waals surface area contributed by atoms with Crippen LogP contribution in [-0.2, 0) is 14.3 Å². The summed E-state index contributed by atoms with van der Waals surface area (Å²) in [5.41, 5.74) is 0. The van der Waals surface area contributed by atoms with E-state index in [9.17, 15) is 19.8 Å². The second-order valence-electron chi connectivity index (χ2n) is 26.0. The van der Waals surface area contributed by atoms with Crippen LogP contribution in [0, 0.1) is 0 Å². The van der Waals surface area contributed by atoms with Crippen LogP contribution in [0.2, 0.25) is 0 Å². The zero-order chi connectivity index (χ0) is 59.9. The first-order chi connectivity index (χ1) is 41.0. The monoisotopic (exact) mass is 1170 g/mol. The normalized spacial score (nSPS) is 12.7. The number of carbonyl (C=O) groups is 2. The number of hydrogen-bond acceptors (Lipinski definition) is 5. The Balaban J connectivity index is 3.41. The molecule has 0 spiro atoms. The lowest BCUT2D eigenvalue weighted by Crippen LogP contribution is -2.45. The predicted molar refractivity (Wildman–Crippen MR) is 366 cm³/mol. The molecule has 2 atom stereocenters. The fourth-order valence-corrected chi connectivity index (χ4v) is 11.9. The van der Waals surface area contributed by atoms with Crippen LogP contribution in [0.5, 0.6) is 0 Å². The molecule has 0 rings (SSSR count). The van der Waals surface area contributed by atoms with Crippen LogP contribution in [0.4, 0.5) is 0 Å². The Kier molecular flexibility index (Phi) is 70.9. The summed E-state index contributed by atoms with van der Waals surface area (Å²) in [7, 11) is 0. The van der Waals surface area contributed by atoms with Crippen molar-refractivity contribution >= 4 is 11.9 Å². The lowest BCUT2D eigenvalue weighted by Gasteiger charge is -2.20. The molecule has 83 heavy (non-hydrogen) atoms. The maximum Gasteiger partial charge on any atom is 0.305 e. The molecule has 0 aromatic heterocycles. The summed E-state index contributed by atoms with van der Waals surface area (Å²) in [6, 6.07) is -0.629. The number of carbonyl (C=O) groups excluding carboxylic acids is 2. The number of allylic oxidation sites excluding steroid dienone is 5. The van der Waals surface area contributed by atoms with Crippen LogP contribution in [-0.4, -0.2) is 47.4 Å². The highest BCUT2D eigenvalue weighted by Crippen LogP contribution is 2.19. The number of rotatable bonds is 71. The number of unbranched alkanes of at least 4 members (excludes halogenated alkanes) is 56. The average Bonchev–Trinajstić information content (AvgIpc) is 3.49. The summed E-state index contributed by atoms with van der Waals surface area (Å²) >= 11 is 0. The Morgan fingerprint density at radius 1 is 0.337 bits per heavy atom. The number of aliphatic hydroxyl groups excluding tert-OH is 2. The van der Waals surface area contributed by atoms with E-state index in [1.165, 1.54) is 347 Å². The molecule has 1 amide bonds. The fourth-order valence-electron chi connectivity index (χ4n) is 11.9. The highest BCUT2D eigenvalue weighted by Gasteiger charge is 2.18. The molecule has 3 N–H and O–H groups in total. The van der Waals surface area contributed by atoms with Gasteiger partial charge in [-0.15, -0.1) is 0 Å². The van der Waals surface area contributed by atoms with E-state index in [0.717, 1.165) is 44.9 Å². The molecule has 0 aliphatic rings. The van der Waals surface area contributed by atoms with Crippen LogP contribution >= 0.6 is 0 Å². The summed E-state index contributed by atoms with van der Waals surface area (Å²) in [6.45, 7) is 4.94. The van der Waals surface area contributed by atoms with E-state index in [1.54, 1.807) is 6.08 Å². The van der Waals surface area contributed by atoms with Gasteiger partial charge in [-0.25, -0.2) is 0 Å². The molecule has 0 heterocycles. The van der Waals surface area contributed by atoms with E-state index in [4.69, 9.17) is 4.74 Å². The van der Waals surface area contributed by atoms with E-state index in [0.29, 0.717) is 19.4 Å². The van der Waals surface area contributed by atoms with Gasteiger partial charge in [0.2, 0.25) is 5.91 Å². The smallest absolute Gasteiger partial charge is 0.305 e. The van der Waals surface area contributed by atoms with Gasteiger partial charge in [0.15, 0.2) is 0 Å². The first-order valence-corrected chi connectivity index (χ1v) is 37.8. The van der Waals surface area contributed by atoms with Gasteiger partial charge >= 0.3 is 5.97 Å². The lowest BCUT2D eigenvalue weighted by atomic mass is 10.0. The van der Waals surface area contributed by atoms with Crippen molar-refractivity contribution in [3.63, 3.8) is 0 Å². The Labute approximate surface area is 519 Å². The van der Waals surface area contributed by atoms with E-state index in [2.05, 4.69) is 43.5 Å². The van der Waals surface area contributed by atoms with Gasteiger partial charge in [-0.05, 0) is 64.2 Å². The molecule has 0 aliphatic heterocycles. The molecule has 490 valence electrons. The minimum Gasteiger partial charge on any atom is -0.466 e. The van der Waals surface area contributed by atoms with Crippen molar-refractivity contribution < 1.29 is 24.5 Å². The number of aliphatic hydroxyl groups is 2. The summed E-state index contributed by atoms with van der Waals surface area (Å²) < 4.78 is 5.49. The number of ether oxygens (including phenoxy) is 1. The summed E-state index contributed by atoms with van der Waals surface area (Å²) in [6.07, 6.45) is 93.9. The molecule has 0 aromatic carbocycles. The fraction of sp³-hybridized carbons (Fsp3) is 0.896. The van der Waals surface area contributed by atoms with Crippen LogP contribution in [0.1, 0.15) is 418 Å². The zero-order valence-electron chi connectivity index (χ0n) is 56.2. The van der Waals surface area contributed by atoms with Gasteiger partial charge in [-0.1, -0.05) is 378 Å². The maximum atomic E-state index is 12.5. The molecule has 0 aromatic rings. The van der Waals surface area contributed by atoms with Crippen molar-refractivity contribution in [1.82, 2.24) is 5.32 Å². The van der Waals surface area contributed by atoms with E-state index < -0.39 is 12.1 Å². The van der Waals surface area contributed by atoms with Crippen molar-refractivity contribution in [3.8, 4) is 0 Å². The lowest BCUT2D eigenvalue weighted by molar-refractivity contribution is -0.143. The summed E-state index contributed by atoms with van der Waals surface area (Å²) in [5.74, 6) is -0.0481. The third-order valence-electron chi connectivity index (χ3n) is 17.7. The van der Waals surface area contributed by atoms with E-state index in [-0.39, 0.29) is 18.5 Å². The predicted octanol–water partition coefficient (Wildman–Crippen LogP) is 24.7. The largest absolute Gasteiger partial charge is 0.466 e. The average molecular weight is 1170 g/mol. The molecular formula is C77H147NO5. The molecule has 2 unspecified atom stereocenters. The third kappa shape index (κ3) is 69.1. The van der Waals surface area contributed by atoms with Gasteiger partial charge in [0.05, 0.1) is 25.4 Å². The number of nitrogens with one attached hydrogen (secondary N) is 1. The van der Waals surface area contributed by atoms with Gasteiger partial charge in [0.1, 0.15) is 0 Å².